The summed E-state index contributed by atoms with van der Waals surface area (Å²) in [5.74, 6) is 0.126. The molecule has 3 unspecified atom stereocenters. The second-order valence-electron chi connectivity index (χ2n) is 11.6. The first-order chi connectivity index (χ1) is 16.5. The lowest BCUT2D eigenvalue weighted by Crippen LogP contribution is -2.49. The first-order valence-electron chi connectivity index (χ1n) is 12.8. The van der Waals surface area contributed by atoms with E-state index in [1.165, 1.54) is 22.9 Å². The average Bonchev–Trinajstić information content (AvgIpc) is 3.63. The van der Waals surface area contributed by atoms with Crippen molar-refractivity contribution in [3.63, 3.8) is 0 Å². The number of halogens is 1. The third kappa shape index (κ3) is 5.42. The topological polar surface area (TPSA) is 75.7 Å². The van der Waals surface area contributed by atoms with Crippen molar-refractivity contribution < 1.29 is 26.8 Å². The number of nitrogens with zero attached hydrogens (tertiary/aromatic N) is 2. The molecule has 3 fully saturated rings. The Labute approximate surface area is 208 Å². The van der Waals surface area contributed by atoms with Crippen LogP contribution in [0.5, 0.6) is 5.75 Å². The van der Waals surface area contributed by atoms with Gasteiger partial charge < -0.3 is 9.22 Å². The van der Waals surface area contributed by atoms with Crippen LogP contribution in [0.2, 0.25) is 0 Å². The van der Waals surface area contributed by atoms with E-state index in [2.05, 4.69) is 27.2 Å². The maximum atomic E-state index is 14.9. The van der Waals surface area contributed by atoms with Gasteiger partial charge in [0, 0.05) is 31.5 Å². The molecule has 1 amide bonds. The molecule has 1 aromatic carbocycles. The van der Waals surface area contributed by atoms with E-state index in [1.54, 1.807) is 5.57 Å². The highest BCUT2D eigenvalue weighted by Gasteiger charge is 2.49. The molecular weight excluding hydrogens is 469 g/mol. The molecule has 1 saturated heterocycles. The Morgan fingerprint density at radius 1 is 1.20 bits per heavy atom. The summed E-state index contributed by atoms with van der Waals surface area (Å²) >= 11 is 0. The maximum absolute atomic E-state index is 14.9. The highest BCUT2D eigenvalue weighted by Crippen LogP contribution is 2.47. The number of carbonyl (C=O) groups is 1. The van der Waals surface area contributed by atoms with Crippen molar-refractivity contribution >= 4 is 16.1 Å². The Kier molecular flexibility index (Phi) is 6.47. The van der Waals surface area contributed by atoms with E-state index >= 15 is 0 Å². The molecule has 5 rings (SSSR count). The zero-order valence-electron chi connectivity index (χ0n) is 20.9. The second kappa shape index (κ2) is 9.16. The van der Waals surface area contributed by atoms with E-state index in [0.717, 1.165) is 60.5 Å². The van der Waals surface area contributed by atoms with Gasteiger partial charge in [0.05, 0.1) is 39.4 Å². The molecule has 1 N–H and O–H groups in total. The fourth-order valence-corrected chi connectivity index (χ4v) is 6.60. The minimum Gasteiger partial charge on any atom is -0.493 e. The minimum absolute atomic E-state index is 0.226. The van der Waals surface area contributed by atoms with Gasteiger partial charge in [0.2, 0.25) is 0 Å². The summed E-state index contributed by atoms with van der Waals surface area (Å²) in [7, 11) is 2.87. The minimum atomic E-state index is -3.93. The molecule has 3 atom stereocenters. The highest BCUT2D eigenvalue weighted by atomic mass is 32.2. The molecule has 1 aromatic rings. The summed E-state index contributed by atoms with van der Waals surface area (Å²) in [5.41, 5.74) is 2.14. The van der Waals surface area contributed by atoms with Gasteiger partial charge in [-0.25, -0.2) is 9.11 Å². The van der Waals surface area contributed by atoms with Crippen LogP contribution in [-0.4, -0.2) is 70.0 Å². The second-order valence-corrected chi connectivity index (χ2v) is 13.3. The van der Waals surface area contributed by atoms with E-state index < -0.39 is 21.9 Å². The SMILES string of the molecule is C[N+](C)(C)C1CC1C1=CCC(COc2cc(F)c(C(=O)NS(=O)(=O)N3CCC3)cc2C2CC2)CC1. The van der Waals surface area contributed by atoms with E-state index in [0.29, 0.717) is 31.4 Å². The fraction of sp³-hybridized carbons (Fsp3) is 0.654. The van der Waals surface area contributed by atoms with Crippen LogP contribution in [0.4, 0.5) is 4.39 Å². The third-order valence-corrected chi connectivity index (χ3v) is 9.48. The van der Waals surface area contributed by atoms with Crippen LogP contribution >= 0.6 is 0 Å². The Balaban J connectivity index is 1.22. The van der Waals surface area contributed by atoms with Crippen LogP contribution < -0.4 is 9.46 Å². The maximum Gasteiger partial charge on any atom is 0.304 e. The van der Waals surface area contributed by atoms with Gasteiger partial charge in [-0.1, -0.05) is 11.6 Å². The molecule has 3 aliphatic carbocycles. The van der Waals surface area contributed by atoms with E-state index in [4.69, 9.17) is 4.74 Å². The number of nitrogens with one attached hydrogen (secondary N) is 1. The Hall–Kier alpha value is -1.97. The van der Waals surface area contributed by atoms with Crippen molar-refractivity contribution in [3.05, 3.63) is 40.7 Å². The van der Waals surface area contributed by atoms with Crippen LogP contribution in [0.3, 0.4) is 0 Å². The summed E-state index contributed by atoms with van der Waals surface area (Å²) < 4.78 is 49.8. The van der Waals surface area contributed by atoms with Crippen LogP contribution in [0, 0.1) is 17.7 Å². The Bertz CT molecular complexity index is 1140. The normalized spacial score (nSPS) is 27.1. The Morgan fingerprint density at radius 2 is 1.94 bits per heavy atom. The van der Waals surface area contributed by atoms with Crippen LogP contribution in [-0.2, 0) is 10.2 Å². The zero-order valence-corrected chi connectivity index (χ0v) is 21.7. The number of amides is 1. The van der Waals surface area contributed by atoms with Crippen LogP contribution in [0.1, 0.15) is 66.8 Å². The molecular formula is C26H37FN3O4S+. The molecule has 7 nitrogen and oxygen atoms in total. The lowest BCUT2D eigenvalue weighted by Gasteiger charge is -2.29. The van der Waals surface area contributed by atoms with E-state index in [-0.39, 0.29) is 11.5 Å². The first kappa shape index (κ1) is 24.7. The summed E-state index contributed by atoms with van der Waals surface area (Å²) in [6.45, 7) is 1.27. The van der Waals surface area contributed by atoms with Crippen molar-refractivity contribution in [2.75, 3.05) is 40.8 Å². The smallest absolute Gasteiger partial charge is 0.304 e. The number of carbonyl (C=O) groups excluding carboxylic acids is 1. The first-order valence-corrected chi connectivity index (χ1v) is 14.3. The number of quaternary nitrogens is 1. The highest BCUT2D eigenvalue weighted by molar-refractivity contribution is 7.87. The monoisotopic (exact) mass is 506 g/mol. The Morgan fingerprint density at radius 3 is 2.49 bits per heavy atom. The number of allylic oxidation sites excluding steroid dienone is 1. The molecule has 0 bridgehead atoms. The van der Waals surface area contributed by atoms with Gasteiger partial charge in [-0.3, -0.25) is 4.79 Å². The molecule has 0 spiro atoms. The van der Waals surface area contributed by atoms with Crippen molar-refractivity contribution in [1.29, 1.82) is 0 Å². The summed E-state index contributed by atoms with van der Waals surface area (Å²) in [5, 5.41) is 0. The van der Waals surface area contributed by atoms with Crippen molar-refractivity contribution in [2.24, 2.45) is 11.8 Å². The predicted octanol–water partition coefficient (Wildman–Crippen LogP) is 3.58. The molecule has 1 heterocycles. The largest absolute Gasteiger partial charge is 0.493 e. The summed E-state index contributed by atoms with van der Waals surface area (Å²) in [6, 6.07) is 3.48. The zero-order chi connectivity index (χ0) is 25.0. The number of rotatable bonds is 9. The third-order valence-electron chi connectivity index (χ3n) is 8.00. The lowest BCUT2D eigenvalue weighted by atomic mass is 9.88. The molecule has 0 radical (unpaired) electrons. The van der Waals surface area contributed by atoms with Gasteiger partial charge in [-0.15, -0.1) is 0 Å². The molecule has 35 heavy (non-hydrogen) atoms. The van der Waals surface area contributed by atoms with Gasteiger partial charge in [-0.05, 0) is 62.0 Å². The standard InChI is InChI=1S/C26H36FN3O4S/c1-30(2,3)24-14-20(24)18-7-5-17(6-8-18)16-34-25-15-23(27)22(13-21(25)19-9-10-19)26(31)28-35(32,33)29-11-4-12-29/h7,13,15,17,19-20,24H,4-6,8-12,14,16H2,1-3H3/p+1. The van der Waals surface area contributed by atoms with E-state index in [9.17, 15) is 17.6 Å². The summed E-state index contributed by atoms with van der Waals surface area (Å²) in [4.78, 5) is 12.6. The van der Waals surface area contributed by atoms with Gasteiger partial charge in [0.25, 0.3) is 5.91 Å². The molecule has 1 aliphatic heterocycles. The molecule has 192 valence electrons. The van der Waals surface area contributed by atoms with Gasteiger partial charge in [0.1, 0.15) is 11.6 Å². The quantitative estimate of drug-likeness (QED) is 0.410. The molecule has 4 aliphatic rings. The number of ether oxygens (including phenoxy) is 1. The van der Waals surface area contributed by atoms with Gasteiger partial charge in [0.15, 0.2) is 0 Å². The van der Waals surface area contributed by atoms with E-state index in [1.807, 2.05) is 4.72 Å². The van der Waals surface area contributed by atoms with Gasteiger partial charge in [-0.2, -0.15) is 12.7 Å². The predicted molar refractivity (Wildman–Crippen MR) is 132 cm³/mol. The average molecular weight is 507 g/mol. The van der Waals surface area contributed by atoms with Gasteiger partial charge >= 0.3 is 10.2 Å². The van der Waals surface area contributed by atoms with Crippen molar-refractivity contribution in [2.45, 2.75) is 56.9 Å². The fourth-order valence-electron chi connectivity index (χ4n) is 5.39. The molecule has 9 heteroatoms. The molecule has 2 saturated carbocycles. The lowest BCUT2D eigenvalue weighted by molar-refractivity contribution is -0.882. The van der Waals surface area contributed by atoms with Crippen LogP contribution in [0.15, 0.2) is 23.8 Å². The summed E-state index contributed by atoms with van der Waals surface area (Å²) in [6.07, 6.45) is 9.50. The van der Waals surface area contributed by atoms with Crippen LogP contribution in [0.25, 0.3) is 0 Å². The number of hydrogen-bond acceptors (Lipinski definition) is 4. The van der Waals surface area contributed by atoms with Crippen molar-refractivity contribution in [3.8, 4) is 5.75 Å². The van der Waals surface area contributed by atoms with Crippen molar-refractivity contribution in [1.82, 2.24) is 9.03 Å². The number of hydrogen-bond donors (Lipinski definition) is 1. The number of benzene rings is 1. The molecule has 0 aromatic heterocycles.